The Hall–Kier alpha value is -1.50. The monoisotopic (exact) mass is 241 g/mol. The van der Waals surface area contributed by atoms with E-state index in [1.807, 2.05) is 0 Å². The first-order valence-corrected chi connectivity index (χ1v) is 3.82. The number of aromatic nitrogens is 1. The van der Waals surface area contributed by atoms with Crippen molar-refractivity contribution < 1.29 is 27.8 Å². The molecule has 1 heterocycles. The number of nitrogens with zero attached hydrogens (tertiary/aromatic N) is 1. The predicted molar refractivity (Wildman–Crippen MR) is 42.9 cm³/mol. The SMILES string of the molecule is O=C(O)c1cnc(OC(F)(F)F)cc1Cl. The third-order valence-corrected chi connectivity index (χ3v) is 1.59. The first-order valence-electron chi connectivity index (χ1n) is 3.44. The van der Waals surface area contributed by atoms with E-state index in [9.17, 15) is 18.0 Å². The van der Waals surface area contributed by atoms with Crippen LogP contribution < -0.4 is 4.74 Å². The van der Waals surface area contributed by atoms with Gasteiger partial charge in [-0.1, -0.05) is 11.6 Å². The molecular formula is C7H3ClF3NO3. The maximum atomic E-state index is 11.7. The molecule has 1 aromatic heterocycles. The smallest absolute Gasteiger partial charge is 0.478 e. The lowest BCUT2D eigenvalue weighted by Gasteiger charge is -2.08. The van der Waals surface area contributed by atoms with E-state index in [0.717, 1.165) is 0 Å². The van der Waals surface area contributed by atoms with Crippen molar-refractivity contribution in [2.45, 2.75) is 6.36 Å². The summed E-state index contributed by atoms with van der Waals surface area (Å²) in [4.78, 5) is 13.6. The molecule has 0 saturated carbocycles. The maximum absolute atomic E-state index is 11.7. The minimum absolute atomic E-state index is 0.378. The normalized spacial score (nSPS) is 11.2. The van der Waals surface area contributed by atoms with Gasteiger partial charge >= 0.3 is 12.3 Å². The molecular weight excluding hydrogens is 239 g/mol. The highest BCUT2D eigenvalue weighted by molar-refractivity contribution is 6.33. The number of carboxylic acid groups (broad SMARTS) is 1. The fourth-order valence-corrected chi connectivity index (χ4v) is 0.968. The van der Waals surface area contributed by atoms with Crippen LogP contribution in [0.1, 0.15) is 10.4 Å². The molecule has 0 bridgehead atoms. The summed E-state index contributed by atoms with van der Waals surface area (Å²) in [5.74, 6) is -2.19. The Kier molecular flexibility index (Phi) is 3.04. The third-order valence-electron chi connectivity index (χ3n) is 1.28. The molecule has 0 aliphatic rings. The van der Waals surface area contributed by atoms with Gasteiger partial charge in [0.25, 0.3) is 0 Å². The van der Waals surface area contributed by atoms with E-state index in [1.165, 1.54) is 0 Å². The molecule has 0 radical (unpaired) electrons. The average Bonchev–Trinajstić information content (AvgIpc) is 1.99. The van der Waals surface area contributed by atoms with Crippen LogP contribution in [0.5, 0.6) is 5.88 Å². The second kappa shape index (κ2) is 3.93. The van der Waals surface area contributed by atoms with Crippen LogP contribution in [0, 0.1) is 0 Å². The van der Waals surface area contributed by atoms with Gasteiger partial charge in [0.05, 0.1) is 10.6 Å². The molecule has 0 aliphatic heterocycles. The summed E-state index contributed by atoms with van der Waals surface area (Å²) in [5, 5.41) is 8.12. The van der Waals surface area contributed by atoms with Crippen LogP contribution in [0.3, 0.4) is 0 Å². The van der Waals surface area contributed by atoms with E-state index < -0.39 is 23.8 Å². The van der Waals surface area contributed by atoms with Crippen LogP contribution in [0.15, 0.2) is 12.3 Å². The number of halogens is 4. The lowest BCUT2D eigenvalue weighted by atomic mass is 10.3. The summed E-state index contributed by atoms with van der Waals surface area (Å²) in [5.41, 5.74) is -0.397. The van der Waals surface area contributed by atoms with Crippen molar-refractivity contribution in [1.82, 2.24) is 4.98 Å². The molecule has 0 aromatic carbocycles. The fourth-order valence-electron chi connectivity index (χ4n) is 0.745. The average molecular weight is 242 g/mol. The van der Waals surface area contributed by atoms with Crippen molar-refractivity contribution in [2.24, 2.45) is 0 Å². The fraction of sp³-hybridized carbons (Fsp3) is 0.143. The van der Waals surface area contributed by atoms with Gasteiger partial charge in [-0.25, -0.2) is 9.78 Å². The highest BCUT2D eigenvalue weighted by Gasteiger charge is 2.32. The minimum atomic E-state index is -4.89. The Balaban J connectivity index is 2.97. The molecule has 0 aliphatic carbocycles. The molecule has 0 atom stereocenters. The van der Waals surface area contributed by atoms with Crippen LogP contribution in [-0.4, -0.2) is 22.4 Å². The largest absolute Gasteiger partial charge is 0.574 e. The zero-order valence-electron chi connectivity index (χ0n) is 6.88. The van der Waals surface area contributed by atoms with Crippen molar-refractivity contribution >= 4 is 17.6 Å². The number of rotatable bonds is 2. The van der Waals surface area contributed by atoms with Crippen molar-refractivity contribution in [3.05, 3.63) is 22.8 Å². The first-order chi connectivity index (χ1) is 6.79. The van der Waals surface area contributed by atoms with E-state index in [-0.39, 0.29) is 5.02 Å². The molecule has 0 unspecified atom stereocenters. The van der Waals surface area contributed by atoms with Crippen LogP contribution in [0.4, 0.5) is 13.2 Å². The van der Waals surface area contributed by atoms with Gasteiger partial charge in [-0.05, 0) is 0 Å². The molecule has 1 rings (SSSR count). The number of carbonyl (C=O) groups is 1. The van der Waals surface area contributed by atoms with Gasteiger partial charge in [0.1, 0.15) is 0 Å². The summed E-state index contributed by atoms with van der Waals surface area (Å²) in [6.07, 6.45) is -4.20. The lowest BCUT2D eigenvalue weighted by Crippen LogP contribution is -2.18. The van der Waals surface area contributed by atoms with Gasteiger partial charge in [0.15, 0.2) is 0 Å². The van der Waals surface area contributed by atoms with Gasteiger partial charge < -0.3 is 9.84 Å². The van der Waals surface area contributed by atoms with Crippen LogP contribution >= 0.6 is 11.6 Å². The van der Waals surface area contributed by atoms with E-state index in [4.69, 9.17) is 16.7 Å². The van der Waals surface area contributed by atoms with Crippen LogP contribution in [-0.2, 0) is 0 Å². The number of pyridine rings is 1. The molecule has 4 nitrogen and oxygen atoms in total. The molecule has 1 N–H and O–H groups in total. The predicted octanol–water partition coefficient (Wildman–Crippen LogP) is 2.33. The topological polar surface area (TPSA) is 59.4 Å². The van der Waals surface area contributed by atoms with Gasteiger partial charge in [-0.2, -0.15) is 0 Å². The van der Waals surface area contributed by atoms with Crippen molar-refractivity contribution in [1.29, 1.82) is 0 Å². The first kappa shape index (κ1) is 11.6. The Morgan fingerprint density at radius 1 is 1.53 bits per heavy atom. The van der Waals surface area contributed by atoms with E-state index >= 15 is 0 Å². The summed E-state index contributed by atoms with van der Waals surface area (Å²) >= 11 is 5.39. The lowest BCUT2D eigenvalue weighted by molar-refractivity contribution is -0.276. The molecule has 15 heavy (non-hydrogen) atoms. The van der Waals surface area contributed by atoms with Crippen molar-refractivity contribution in [3.8, 4) is 5.88 Å². The number of hydrogen-bond acceptors (Lipinski definition) is 3. The van der Waals surface area contributed by atoms with Crippen LogP contribution in [0.25, 0.3) is 0 Å². The van der Waals surface area contributed by atoms with Gasteiger partial charge in [-0.15, -0.1) is 13.2 Å². The number of ether oxygens (including phenoxy) is 1. The van der Waals surface area contributed by atoms with Gasteiger partial charge in [0, 0.05) is 12.3 Å². The molecule has 82 valence electrons. The summed E-state index contributed by atoms with van der Waals surface area (Å²) in [6, 6.07) is 0.679. The Bertz CT molecular complexity index is 394. The molecule has 0 fully saturated rings. The standard InChI is InChI=1S/C7H3ClF3NO3/c8-4-1-5(15-7(9,10)11)12-2-3(4)6(13)14/h1-2H,(H,13,14). The molecule has 0 amide bonds. The number of alkyl halides is 3. The van der Waals surface area contributed by atoms with Crippen molar-refractivity contribution in [2.75, 3.05) is 0 Å². The summed E-state index contributed by atoms with van der Waals surface area (Å²) in [6.45, 7) is 0. The molecule has 1 aromatic rings. The Morgan fingerprint density at radius 2 is 2.13 bits per heavy atom. The maximum Gasteiger partial charge on any atom is 0.574 e. The second-order valence-electron chi connectivity index (χ2n) is 2.36. The second-order valence-corrected chi connectivity index (χ2v) is 2.76. The van der Waals surface area contributed by atoms with Gasteiger partial charge in [0.2, 0.25) is 5.88 Å². The number of carboxylic acids is 1. The highest BCUT2D eigenvalue weighted by atomic mass is 35.5. The van der Waals surface area contributed by atoms with Gasteiger partial charge in [-0.3, -0.25) is 0 Å². The van der Waals surface area contributed by atoms with E-state index in [2.05, 4.69) is 9.72 Å². The van der Waals surface area contributed by atoms with Crippen molar-refractivity contribution in [3.63, 3.8) is 0 Å². The number of hydrogen-bond donors (Lipinski definition) is 1. The minimum Gasteiger partial charge on any atom is -0.478 e. The Labute approximate surface area is 86.3 Å². The molecule has 0 saturated heterocycles. The summed E-state index contributed by atoms with van der Waals surface area (Å²) in [7, 11) is 0. The third kappa shape index (κ3) is 3.28. The van der Waals surface area contributed by atoms with E-state index in [1.54, 1.807) is 0 Å². The van der Waals surface area contributed by atoms with Crippen LogP contribution in [0.2, 0.25) is 5.02 Å². The quantitative estimate of drug-likeness (QED) is 0.863. The van der Waals surface area contributed by atoms with E-state index in [0.29, 0.717) is 12.3 Å². The molecule has 8 heteroatoms. The number of aromatic carboxylic acids is 1. The zero-order chi connectivity index (χ0) is 11.6. The highest BCUT2D eigenvalue weighted by Crippen LogP contribution is 2.25. The zero-order valence-corrected chi connectivity index (χ0v) is 7.63. The Morgan fingerprint density at radius 3 is 2.53 bits per heavy atom. The summed E-state index contributed by atoms with van der Waals surface area (Å²) < 4.78 is 38.6. The molecule has 0 spiro atoms.